The molecule has 13 heteroatoms. The van der Waals surface area contributed by atoms with Crippen molar-refractivity contribution in [1.82, 2.24) is 4.57 Å². The van der Waals surface area contributed by atoms with Crippen LogP contribution in [0.25, 0.3) is 0 Å². The van der Waals surface area contributed by atoms with E-state index in [9.17, 15) is 39.9 Å². The molecule has 234 valence electrons. The standard InChI is InChI=1S/C31H33NO11S/c1-15-26(36)18(32-8-3-4-9-32)10-22(42-15)43-20-12-31(40,21(35)14-34)11-16(13-33)23(20)28(38)25-29(39)24-17(27(37)30(25)44)6-5-7-19(24)41-2/h3-9,15,18,20,22,26,33-34,36,38,40H,10-14H2,1-2H3/b28-25+/t15?,18?,20-,22?,26?,31-/m0/s1. The van der Waals surface area contributed by atoms with Crippen molar-refractivity contribution < 1.29 is 54.1 Å². The first-order chi connectivity index (χ1) is 20.9. The molecule has 44 heavy (non-hydrogen) atoms. The Morgan fingerprint density at radius 1 is 1.16 bits per heavy atom. The Bertz CT molecular complexity index is 1560. The maximum Gasteiger partial charge on any atom is 0.205 e. The predicted molar refractivity (Wildman–Crippen MR) is 158 cm³/mol. The first-order valence-electron chi connectivity index (χ1n) is 14.0. The number of hydrogen-bond acceptors (Lipinski definition) is 12. The van der Waals surface area contributed by atoms with Crippen LogP contribution in [-0.4, -0.2) is 103 Å². The van der Waals surface area contributed by atoms with Gasteiger partial charge in [-0.15, -0.1) is 0 Å². The number of methoxy groups -OCH3 is 1. The number of Topliss-reactive ketones (excluding diaryl/α,β-unsaturated/α-hetero) is 3. The number of hydrogen-bond donors (Lipinski definition) is 5. The number of nitrogens with zero attached hydrogens (tertiary/aromatic N) is 1. The lowest BCUT2D eigenvalue weighted by molar-refractivity contribution is -0.247. The molecule has 6 atom stereocenters. The van der Waals surface area contributed by atoms with Crippen molar-refractivity contribution in [3.8, 4) is 5.75 Å². The van der Waals surface area contributed by atoms with E-state index in [-0.39, 0.29) is 34.4 Å². The van der Waals surface area contributed by atoms with Crippen LogP contribution in [0.1, 0.15) is 52.9 Å². The number of benzene rings is 1. The summed E-state index contributed by atoms with van der Waals surface area (Å²) in [5.74, 6) is -3.12. The molecule has 5 rings (SSSR count). The topological polar surface area (TPSA) is 185 Å². The van der Waals surface area contributed by atoms with E-state index < -0.39 is 95.8 Å². The van der Waals surface area contributed by atoms with Crippen LogP contribution in [0.2, 0.25) is 0 Å². The van der Waals surface area contributed by atoms with Gasteiger partial charge in [0.15, 0.2) is 12.1 Å². The van der Waals surface area contributed by atoms with Gasteiger partial charge in [0.25, 0.3) is 0 Å². The first-order valence-corrected chi connectivity index (χ1v) is 14.4. The zero-order chi connectivity index (χ0) is 31.9. The van der Waals surface area contributed by atoms with Gasteiger partial charge in [-0.05, 0) is 36.8 Å². The van der Waals surface area contributed by atoms with Gasteiger partial charge in [0.1, 0.15) is 34.7 Å². The van der Waals surface area contributed by atoms with Gasteiger partial charge in [0.2, 0.25) is 11.6 Å². The number of ketones is 3. The van der Waals surface area contributed by atoms with Gasteiger partial charge in [-0.25, -0.2) is 0 Å². The summed E-state index contributed by atoms with van der Waals surface area (Å²) in [5.41, 5.74) is -3.04. The van der Waals surface area contributed by atoms with Gasteiger partial charge in [-0.3, -0.25) is 14.4 Å². The van der Waals surface area contributed by atoms with Gasteiger partial charge >= 0.3 is 0 Å². The molecule has 2 aromatic rings. The number of fused-ring (bicyclic) bond motifs is 1. The summed E-state index contributed by atoms with van der Waals surface area (Å²) in [6, 6.07) is 7.53. The fourth-order valence-corrected chi connectivity index (χ4v) is 6.49. The minimum absolute atomic E-state index is 0.00540. The minimum atomic E-state index is -2.20. The number of carbonyl (C=O) groups excluding carboxylic acids is 3. The lowest BCUT2D eigenvalue weighted by atomic mass is 9.74. The highest BCUT2D eigenvalue weighted by Crippen LogP contribution is 2.42. The molecule has 1 aliphatic heterocycles. The summed E-state index contributed by atoms with van der Waals surface area (Å²) in [7, 11) is 1.32. The van der Waals surface area contributed by atoms with E-state index in [4.69, 9.17) is 26.4 Å². The SMILES string of the molecule is COc1cccc2c1C(=O)/C(=C(\O)C1=C(CO)C[C@@](O)(C(=O)CO)C[C@@H]1OC1CC(n3cccc3)C(O)C(C)O1)C(=S)C2=O. The van der Waals surface area contributed by atoms with Crippen molar-refractivity contribution >= 4 is 34.4 Å². The molecule has 0 bridgehead atoms. The summed E-state index contributed by atoms with van der Waals surface area (Å²) in [4.78, 5) is 39.3. The number of allylic oxidation sites excluding steroid dienone is 1. The Labute approximate surface area is 257 Å². The maximum atomic E-state index is 13.8. The number of ether oxygens (including phenoxy) is 3. The molecule has 1 saturated heterocycles. The molecule has 5 N–H and O–H groups in total. The molecule has 1 aromatic heterocycles. The van der Waals surface area contributed by atoms with Crippen molar-refractivity contribution in [1.29, 1.82) is 0 Å². The summed E-state index contributed by atoms with van der Waals surface area (Å²) in [6.45, 7) is -0.139. The average molecular weight is 628 g/mol. The fourth-order valence-electron chi connectivity index (χ4n) is 6.19. The number of aliphatic hydroxyl groups is 5. The van der Waals surface area contributed by atoms with Crippen LogP contribution in [0.15, 0.2) is 65.2 Å². The lowest BCUT2D eigenvalue weighted by Crippen LogP contribution is -2.51. The summed E-state index contributed by atoms with van der Waals surface area (Å²) in [5, 5.41) is 53.8. The number of carbonyl (C=O) groups is 3. The van der Waals surface area contributed by atoms with Gasteiger partial charge < -0.3 is 44.3 Å². The zero-order valence-corrected chi connectivity index (χ0v) is 24.8. The zero-order valence-electron chi connectivity index (χ0n) is 24.0. The summed E-state index contributed by atoms with van der Waals surface area (Å²) >= 11 is 5.35. The minimum Gasteiger partial charge on any atom is -0.507 e. The van der Waals surface area contributed by atoms with Crippen LogP contribution < -0.4 is 4.74 Å². The van der Waals surface area contributed by atoms with Crippen molar-refractivity contribution in [3.63, 3.8) is 0 Å². The van der Waals surface area contributed by atoms with E-state index in [1.54, 1.807) is 36.0 Å². The maximum absolute atomic E-state index is 13.8. The summed E-state index contributed by atoms with van der Waals surface area (Å²) in [6.07, 6.45) is -1.41. The molecular formula is C31H33NO11S. The highest BCUT2D eigenvalue weighted by atomic mass is 32.1. The molecular weight excluding hydrogens is 594 g/mol. The Kier molecular flexibility index (Phi) is 9.01. The Balaban J connectivity index is 1.62. The molecule has 0 radical (unpaired) electrons. The Morgan fingerprint density at radius 2 is 1.86 bits per heavy atom. The van der Waals surface area contributed by atoms with E-state index in [0.717, 1.165) is 0 Å². The molecule has 12 nitrogen and oxygen atoms in total. The van der Waals surface area contributed by atoms with Crippen LogP contribution in [0.5, 0.6) is 5.75 Å². The van der Waals surface area contributed by atoms with Crippen molar-refractivity contribution in [2.24, 2.45) is 0 Å². The van der Waals surface area contributed by atoms with E-state index in [1.165, 1.54) is 25.3 Å². The molecule has 0 spiro atoms. The lowest BCUT2D eigenvalue weighted by Gasteiger charge is -2.43. The van der Waals surface area contributed by atoms with Gasteiger partial charge in [0, 0.05) is 42.8 Å². The van der Waals surface area contributed by atoms with E-state index in [0.29, 0.717) is 0 Å². The number of thiocarbonyl (C=S) groups is 1. The second kappa shape index (κ2) is 12.4. The van der Waals surface area contributed by atoms with E-state index >= 15 is 0 Å². The van der Waals surface area contributed by atoms with E-state index in [2.05, 4.69) is 0 Å². The first kappa shape index (κ1) is 31.9. The largest absolute Gasteiger partial charge is 0.507 e. The highest BCUT2D eigenvalue weighted by molar-refractivity contribution is 7.82. The van der Waals surface area contributed by atoms with E-state index in [1.807, 2.05) is 0 Å². The van der Waals surface area contributed by atoms with Gasteiger partial charge in [-0.2, -0.15) is 0 Å². The number of rotatable bonds is 8. The Hall–Kier alpha value is -3.56. The van der Waals surface area contributed by atoms with Gasteiger partial charge in [0.05, 0.1) is 43.1 Å². The third-order valence-corrected chi connectivity index (χ3v) is 8.85. The second-order valence-electron chi connectivity index (χ2n) is 11.1. The van der Waals surface area contributed by atoms with Gasteiger partial charge in [-0.1, -0.05) is 18.3 Å². The average Bonchev–Trinajstić information content (AvgIpc) is 3.55. The van der Waals surface area contributed by atoms with Crippen LogP contribution in [-0.2, 0) is 14.3 Å². The normalized spacial score (nSPS) is 30.3. The predicted octanol–water partition coefficient (Wildman–Crippen LogP) is 1.56. The quantitative estimate of drug-likeness (QED) is 0.162. The van der Waals surface area contributed by atoms with Crippen LogP contribution in [0, 0.1) is 0 Å². The molecule has 2 heterocycles. The smallest absolute Gasteiger partial charge is 0.205 e. The third-order valence-electron chi connectivity index (χ3n) is 8.46. The molecule has 1 aromatic carbocycles. The van der Waals surface area contributed by atoms with Crippen molar-refractivity contribution in [2.45, 2.75) is 62.4 Å². The van der Waals surface area contributed by atoms with Crippen LogP contribution in [0.3, 0.4) is 0 Å². The van der Waals surface area contributed by atoms with Crippen molar-refractivity contribution in [3.05, 3.63) is 76.3 Å². The van der Waals surface area contributed by atoms with Crippen molar-refractivity contribution in [2.75, 3.05) is 20.3 Å². The monoisotopic (exact) mass is 627 g/mol. The molecule has 0 amide bonds. The fraction of sp³-hybridized carbons (Fsp3) is 0.419. The molecule has 2 aliphatic carbocycles. The molecule has 0 saturated carbocycles. The Morgan fingerprint density at radius 3 is 2.50 bits per heavy atom. The summed E-state index contributed by atoms with van der Waals surface area (Å²) < 4.78 is 19.3. The van der Waals surface area contributed by atoms with Crippen LogP contribution in [0.4, 0.5) is 0 Å². The molecule has 1 fully saturated rings. The second-order valence-corrected chi connectivity index (χ2v) is 11.5. The number of aliphatic hydroxyl groups excluding tert-OH is 4. The third kappa shape index (κ3) is 5.45. The highest BCUT2D eigenvalue weighted by Gasteiger charge is 2.49. The number of aromatic nitrogens is 1. The van der Waals surface area contributed by atoms with Crippen LogP contribution >= 0.6 is 12.2 Å². The molecule has 3 aliphatic rings. The molecule has 4 unspecified atom stereocenters.